The van der Waals surface area contributed by atoms with Crippen molar-refractivity contribution >= 4 is 62.2 Å². The molecule has 160 valence electrons. The maximum Gasteiger partial charge on any atom is 0.146 e. The van der Waals surface area contributed by atoms with E-state index in [1.807, 2.05) is 18.5 Å². The summed E-state index contributed by atoms with van der Waals surface area (Å²) in [5, 5.41) is 7.54. The van der Waals surface area contributed by atoms with E-state index in [0.29, 0.717) is 0 Å². The Morgan fingerprint density at radius 1 is 0.559 bits per heavy atom. The van der Waals surface area contributed by atoms with Crippen LogP contribution >= 0.6 is 7.92 Å². The van der Waals surface area contributed by atoms with Crippen LogP contribution in [0.15, 0.2) is 122 Å². The second-order valence-corrected chi connectivity index (χ2v) is 10.6. The van der Waals surface area contributed by atoms with Gasteiger partial charge in [0.25, 0.3) is 0 Å². The molecule has 34 heavy (non-hydrogen) atoms. The molecule has 0 saturated carbocycles. The average molecular weight is 453 g/mol. The molecule has 0 aliphatic heterocycles. The van der Waals surface area contributed by atoms with Crippen LogP contribution in [-0.2, 0) is 0 Å². The highest BCUT2D eigenvalue weighted by molar-refractivity contribution is 7.79. The first-order valence-electron chi connectivity index (χ1n) is 11.4. The highest BCUT2D eigenvalue weighted by Crippen LogP contribution is 2.37. The number of rotatable bonds is 3. The maximum atomic E-state index is 5.04. The number of pyridine rings is 2. The van der Waals surface area contributed by atoms with E-state index in [4.69, 9.17) is 4.98 Å². The number of benzene rings is 4. The second kappa shape index (κ2) is 7.76. The molecule has 0 bridgehead atoms. The molecule has 0 aliphatic rings. The number of nitrogens with zero attached hydrogens (tertiary/aromatic N) is 3. The fraction of sp³-hybridized carbons (Fsp3) is 0. The van der Waals surface area contributed by atoms with E-state index < -0.39 is 7.92 Å². The van der Waals surface area contributed by atoms with Crippen LogP contribution in [0.25, 0.3) is 38.4 Å². The SMILES string of the molecule is c1ccc(P(c2cccnc2)c2ccc3c(c2)c2ccccc2n2c4ccccc4nc32)cc1. The molecule has 0 saturated heterocycles. The molecule has 0 fully saturated rings. The highest BCUT2D eigenvalue weighted by atomic mass is 31.1. The molecule has 3 heterocycles. The van der Waals surface area contributed by atoms with Gasteiger partial charge in [0, 0.05) is 28.5 Å². The van der Waals surface area contributed by atoms with Crippen molar-refractivity contribution in [3.05, 3.63) is 122 Å². The standard InChI is InChI=1S/C30H20N3P/c1-2-9-21(10-3-1)34(23-11-8-18-31-20-23)22-16-17-25-26(19-22)24-12-4-6-14-28(24)33-29-15-7-5-13-27(29)32-30(25)33/h1-20H. The van der Waals surface area contributed by atoms with E-state index in [1.165, 1.54) is 37.6 Å². The van der Waals surface area contributed by atoms with Crippen LogP contribution in [-0.4, -0.2) is 14.4 Å². The molecule has 0 radical (unpaired) electrons. The zero-order valence-electron chi connectivity index (χ0n) is 18.3. The van der Waals surface area contributed by atoms with Crippen LogP contribution in [0, 0.1) is 0 Å². The summed E-state index contributed by atoms with van der Waals surface area (Å²) in [4.78, 5) is 9.48. The fourth-order valence-electron chi connectivity index (χ4n) is 4.95. The van der Waals surface area contributed by atoms with E-state index in [9.17, 15) is 0 Å². The first-order chi connectivity index (χ1) is 16.9. The summed E-state index contributed by atoms with van der Waals surface area (Å²) in [5.74, 6) is 0. The summed E-state index contributed by atoms with van der Waals surface area (Å²) in [6.45, 7) is 0. The molecule has 7 aromatic rings. The Bertz CT molecular complexity index is 1770. The molecule has 4 heteroatoms. The third-order valence-electron chi connectivity index (χ3n) is 6.42. The lowest BCUT2D eigenvalue weighted by molar-refractivity contribution is 1.32. The quantitative estimate of drug-likeness (QED) is 0.245. The summed E-state index contributed by atoms with van der Waals surface area (Å²) in [6, 6.07) is 39.0. The molecule has 1 atom stereocenters. The van der Waals surface area contributed by atoms with Gasteiger partial charge in [-0.2, -0.15) is 0 Å². The number of para-hydroxylation sites is 3. The predicted octanol–water partition coefficient (Wildman–Crippen LogP) is 5.95. The Morgan fingerprint density at radius 3 is 2.18 bits per heavy atom. The largest absolute Gasteiger partial charge is 0.292 e. The summed E-state index contributed by atoms with van der Waals surface area (Å²) in [6.07, 6.45) is 3.85. The summed E-state index contributed by atoms with van der Waals surface area (Å²) >= 11 is 0. The van der Waals surface area contributed by atoms with Crippen molar-refractivity contribution in [1.82, 2.24) is 14.4 Å². The Hall–Kier alpha value is -4.07. The molecule has 7 rings (SSSR count). The van der Waals surface area contributed by atoms with Crippen molar-refractivity contribution in [3.63, 3.8) is 0 Å². The van der Waals surface area contributed by atoms with Gasteiger partial charge in [-0.05, 0) is 60.3 Å². The average Bonchev–Trinajstić information content (AvgIpc) is 3.30. The lowest BCUT2D eigenvalue weighted by atomic mass is 10.1. The predicted molar refractivity (Wildman–Crippen MR) is 144 cm³/mol. The zero-order chi connectivity index (χ0) is 22.5. The normalized spacial score (nSPS) is 12.6. The highest BCUT2D eigenvalue weighted by Gasteiger charge is 2.19. The van der Waals surface area contributed by atoms with Crippen LogP contribution < -0.4 is 15.9 Å². The molecule has 3 nitrogen and oxygen atoms in total. The van der Waals surface area contributed by atoms with Crippen molar-refractivity contribution in [2.45, 2.75) is 0 Å². The third-order valence-corrected chi connectivity index (χ3v) is 8.81. The molecule has 0 N–H and O–H groups in total. The van der Waals surface area contributed by atoms with E-state index in [-0.39, 0.29) is 0 Å². The minimum absolute atomic E-state index is 0.727. The molecule has 0 spiro atoms. The van der Waals surface area contributed by atoms with Gasteiger partial charge in [0.05, 0.1) is 16.6 Å². The third kappa shape index (κ3) is 2.95. The summed E-state index contributed by atoms with van der Waals surface area (Å²) < 4.78 is 2.30. The van der Waals surface area contributed by atoms with Gasteiger partial charge < -0.3 is 0 Å². The van der Waals surface area contributed by atoms with Gasteiger partial charge in [0.15, 0.2) is 0 Å². The summed E-state index contributed by atoms with van der Waals surface area (Å²) in [5.41, 5.74) is 4.35. The van der Waals surface area contributed by atoms with Crippen LogP contribution in [0.5, 0.6) is 0 Å². The van der Waals surface area contributed by atoms with Gasteiger partial charge in [-0.3, -0.25) is 9.38 Å². The molecule has 4 aromatic carbocycles. The van der Waals surface area contributed by atoms with Crippen molar-refractivity contribution in [3.8, 4) is 0 Å². The fourth-order valence-corrected chi connectivity index (χ4v) is 7.21. The molecule has 0 amide bonds. The van der Waals surface area contributed by atoms with E-state index in [0.717, 1.165) is 16.7 Å². The van der Waals surface area contributed by atoms with Crippen molar-refractivity contribution < 1.29 is 0 Å². The minimum atomic E-state index is -0.727. The van der Waals surface area contributed by atoms with Crippen molar-refractivity contribution in [2.24, 2.45) is 0 Å². The van der Waals surface area contributed by atoms with Crippen LogP contribution in [0.4, 0.5) is 0 Å². The monoisotopic (exact) mass is 453 g/mol. The summed E-state index contributed by atoms with van der Waals surface area (Å²) in [7, 11) is -0.727. The van der Waals surface area contributed by atoms with Crippen LogP contribution in [0.1, 0.15) is 0 Å². The number of aromatic nitrogens is 3. The topological polar surface area (TPSA) is 30.2 Å². The number of hydrogen-bond donors (Lipinski definition) is 0. The second-order valence-electron chi connectivity index (χ2n) is 8.39. The molecule has 0 aliphatic carbocycles. The van der Waals surface area contributed by atoms with Crippen molar-refractivity contribution in [1.29, 1.82) is 0 Å². The maximum absolute atomic E-state index is 5.04. The van der Waals surface area contributed by atoms with E-state index >= 15 is 0 Å². The van der Waals surface area contributed by atoms with Gasteiger partial charge >= 0.3 is 0 Å². The molecule has 3 aromatic heterocycles. The molecular weight excluding hydrogens is 433 g/mol. The Kier molecular flexibility index (Phi) is 4.43. The number of fused-ring (bicyclic) bond motifs is 8. The first-order valence-corrected chi connectivity index (χ1v) is 12.7. The van der Waals surface area contributed by atoms with Gasteiger partial charge in [-0.15, -0.1) is 0 Å². The van der Waals surface area contributed by atoms with Gasteiger partial charge in [0.2, 0.25) is 0 Å². The minimum Gasteiger partial charge on any atom is -0.292 e. The van der Waals surface area contributed by atoms with Gasteiger partial charge in [-0.1, -0.05) is 72.8 Å². The van der Waals surface area contributed by atoms with Gasteiger partial charge in [-0.25, -0.2) is 4.98 Å². The Labute approximate surface area is 198 Å². The Morgan fingerprint density at radius 2 is 1.32 bits per heavy atom. The lowest BCUT2D eigenvalue weighted by Crippen LogP contribution is -2.20. The zero-order valence-corrected chi connectivity index (χ0v) is 19.2. The van der Waals surface area contributed by atoms with Crippen molar-refractivity contribution in [2.75, 3.05) is 0 Å². The van der Waals surface area contributed by atoms with Crippen LogP contribution in [0.3, 0.4) is 0 Å². The van der Waals surface area contributed by atoms with E-state index in [2.05, 4.69) is 113 Å². The first kappa shape index (κ1) is 19.4. The van der Waals surface area contributed by atoms with Gasteiger partial charge in [0.1, 0.15) is 5.65 Å². The molecular formula is C30H20N3P. The lowest BCUT2D eigenvalue weighted by Gasteiger charge is -2.20. The van der Waals surface area contributed by atoms with Crippen LogP contribution in [0.2, 0.25) is 0 Å². The number of imidazole rings is 1. The Balaban J connectivity index is 1.57. The van der Waals surface area contributed by atoms with E-state index in [1.54, 1.807) is 0 Å². The smallest absolute Gasteiger partial charge is 0.146 e. The number of hydrogen-bond acceptors (Lipinski definition) is 2. The molecule has 1 unspecified atom stereocenters.